The smallest absolute Gasteiger partial charge is 0 e. The molecule has 0 aromatic rings. The SMILES string of the molecule is O=S(=O)([O-])F.[C-]#[O+].[C-]#[O+].[C-]#[O+].[CH2]C(=C)C=C.[Fe]. The molecular formula is C8H7FFeO6S-. The summed E-state index contributed by atoms with van der Waals surface area (Å²) in [6.45, 7) is 23.8. The Morgan fingerprint density at radius 3 is 1.24 bits per heavy atom. The second kappa shape index (κ2) is 36.3. The van der Waals surface area contributed by atoms with Crippen LogP contribution < -0.4 is 0 Å². The van der Waals surface area contributed by atoms with Crippen LogP contribution in [0.25, 0.3) is 0 Å². The Morgan fingerprint density at radius 1 is 1.18 bits per heavy atom. The molecule has 17 heavy (non-hydrogen) atoms. The van der Waals surface area contributed by atoms with Crippen LogP contribution >= 0.6 is 0 Å². The largest absolute Gasteiger partial charge is 0.0988 e. The molecule has 0 aliphatic carbocycles. The number of hydrogen-bond acceptors (Lipinski definition) is 3. The van der Waals surface area contributed by atoms with Gasteiger partial charge in [0.15, 0.2) is 0 Å². The van der Waals surface area contributed by atoms with Gasteiger partial charge in [-0.1, -0.05) is 24.8 Å². The standard InChI is InChI=1S/C5H7.3CO.FHO3S.Fe/c1-4-5(2)3;3*1-2;1-5(2,3)4;/h4H,1-3H2;;;;(H,2,3,4);/p-1. The van der Waals surface area contributed by atoms with E-state index in [9.17, 15) is 3.89 Å². The molecule has 0 bridgehead atoms. The van der Waals surface area contributed by atoms with Gasteiger partial charge < -0.3 is 4.55 Å². The summed E-state index contributed by atoms with van der Waals surface area (Å²) in [6.07, 6.45) is 1.61. The summed E-state index contributed by atoms with van der Waals surface area (Å²) in [5.74, 6) is 0. The van der Waals surface area contributed by atoms with E-state index in [0.29, 0.717) is 0 Å². The van der Waals surface area contributed by atoms with Gasteiger partial charge in [-0.25, -0.2) is 8.42 Å². The zero-order chi connectivity index (χ0) is 14.8. The van der Waals surface area contributed by atoms with Crippen molar-refractivity contribution >= 4 is 10.5 Å². The molecule has 6 nitrogen and oxygen atoms in total. The van der Waals surface area contributed by atoms with Crippen molar-refractivity contribution in [1.82, 2.24) is 0 Å². The normalized spacial score (nSPS) is 5.71. The molecule has 0 aliphatic heterocycles. The number of halogens is 1. The predicted octanol–water partition coefficient (Wildman–Crippen LogP) is 0.864. The molecule has 0 saturated carbocycles. The minimum Gasteiger partial charge on any atom is -0.0988 e. The molecule has 9 heteroatoms. The molecule has 0 aromatic heterocycles. The maximum absolute atomic E-state index is 10.1. The van der Waals surface area contributed by atoms with Crippen LogP contribution in [0.15, 0.2) is 24.8 Å². The first-order chi connectivity index (χ1) is 7.27. The molecule has 0 spiro atoms. The average Bonchev–Trinajstić information content (AvgIpc) is 2.24. The Morgan fingerprint density at radius 2 is 1.24 bits per heavy atom. The quantitative estimate of drug-likeness (QED) is 0.178. The molecule has 0 fully saturated rings. The van der Waals surface area contributed by atoms with Crippen LogP contribution in [0.4, 0.5) is 3.89 Å². The van der Waals surface area contributed by atoms with E-state index >= 15 is 0 Å². The summed E-state index contributed by atoms with van der Waals surface area (Å²) < 4.78 is 57.8. The molecule has 1 radical (unpaired) electrons. The van der Waals surface area contributed by atoms with Gasteiger partial charge in [0.05, 0.1) is 0 Å². The summed E-state index contributed by atoms with van der Waals surface area (Å²) >= 11 is 0. The molecular weight excluding hydrogens is 299 g/mol. The number of rotatable bonds is 1. The van der Waals surface area contributed by atoms with Gasteiger partial charge in [0.25, 0.3) is 10.5 Å². The van der Waals surface area contributed by atoms with Crippen molar-refractivity contribution in [2.45, 2.75) is 0 Å². The third kappa shape index (κ3) is 2290. The molecule has 0 atom stereocenters. The Bertz CT molecular complexity index is 294. The Kier molecular flexibility index (Phi) is 76.8. The fourth-order valence-electron chi connectivity index (χ4n) is 0. The van der Waals surface area contributed by atoms with E-state index in [1.54, 1.807) is 6.08 Å². The third-order valence-corrected chi connectivity index (χ3v) is 0.289. The fourth-order valence-corrected chi connectivity index (χ4v) is 0. The van der Waals surface area contributed by atoms with Crippen molar-refractivity contribution in [2.24, 2.45) is 0 Å². The molecule has 0 amide bonds. The first-order valence-corrected chi connectivity index (χ1v) is 3.98. The molecule has 97 valence electrons. The van der Waals surface area contributed by atoms with Crippen molar-refractivity contribution in [1.29, 1.82) is 0 Å². The van der Waals surface area contributed by atoms with Gasteiger partial charge in [0.1, 0.15) is 0 Å². The Labute approximate surface area is 110 Å². The van der Waals surface area contributed by atoms with Gasteiger partial charge in [-0.15, -0.1) is 3.89 Å². The summed E-state index contributed by atoms with van der Waals surface area (Å²) in [5, 5.41) is 0. The maximum atomic E-state index is 10.1. The first kappa shape index (κ1) is 36.0. The van der Waals surface area contributed by atoms with Gasteiger partial charge in [-0.2, -0.15) is 0 Å². The minimum absolute atomic E-state index is 0. The average molecular weight is 306 g/mol. The second-order valence-corrected chi connectivity index (χ2v) is 2.04. The summed E-state index contributed by atoms with van der Waals surface area (Å²) in [7, 11) is -5.42. The van der Waals surface area contributed by atoms with Gasteiger partial charge in [0.2, 0.25) is 0 Å². The van der Waals surface area contributed by atoms with Crippen molar-refractivity contribution in [2.75, 3.05) is 0 Å². The van der Waals surface area contributed by atoms with E-state index < -0.39 is 10.5 Å². The molecule has 0 aromatic carbocycles. The van der Waals surface area contributed by atoms with Crippen molar-refractivity contribution in [3.05, 3.63) is 51.7 Å². The van der Waals surface area contributed by atoms with Crippen molar-refractivity contribution in [3.63, 3.8) is 0 Å². The van der Waals surface area contributed by atoms with Crippen LogP contribution in [-0.4, -0.2) is 13.0 Å². The summed E-state index contributed by atoms with van der Waals surface area (Å²) in [5.41, 5.74) is 0.769. The predicted molar refractivity (Wildman–Crippen MR) is 47.3 cm³/mol. The minimum atomic E-state index is -5.42. The zero-order valence-corrected chi connectivity index (χ0v) is 10.2. The molecule has 0 aliphatic rings. The van der Waals surface area contributed by atoms with Crippen LogP contribution in [0.2, 0.25) is 0 Å². The van der Waals surface area contributed by atoms with Gasteiger partial charge in [-0.3, -0.25) is 0 Å². The Hall–Kier alpha value is -0.941. The molecule has 0 heterocycles. The monoisotopic (exact) mass is 306 g/mol. The van der Waals surface area contributed by atoms with Gasteiger partial charge in [-0.05, 0) is 6.92 Å². The zero-order valence-electron chi connectivity index (χ0n) is 8.29. The van der Waals surface area contributed by atoms with Crippen molar-refractivity contribution in [3.8, 4) is 0 Å². The van der Waals surface area contributed by atoms with Crippen LogP contribution in [0, 0.1) is 26.9 Å². The van der Waals surface area contributed by atoms with E-state index in [2.05, 4.69) is 40.0 Å². The van der Waals surface area contributed by atoms with E-state index in [1.165, 1.54) is 0 Å². The van der Waals surface area contributed by atoms with Crippen LogP contribution in [0.3, 0.4) is 0 Å². The fraction of sp³-hybridized carbons (Fsp3) is 0. The second-order valence-electron chi connectivity index (χ2n) is 1.26. The number of allylic oxidation sites excluding steroid dienone is 2. The van der Waals surface area contributed by atoms with Crippen LogP contribution in [-0.2, 0) is 41.5 Å². The van der Waals surface area contributed by atoms with E-state index in [0.717, 1.165) is 5.57 Å². The van der Waals surface area contributed by atoms with Crippen LogP contribution in [0.1, 0.15) is 0 Å². The first-order valence-electron chi connectivity index (χ1n) is 2.67. The number of hydrogen-bond donors (Lipinski definition) is 0. The summed E-state index contributed by atoms with van der Waals surface area (Å²) in [6, 6.07) is 0. The maximum Gasteiger partial charge on any atom is 0 e. The van der Waals surface area contributed by atoms with E-state index in [1.807, 2.05) is 0 Å². The van der Waals surface area contributed by atoms with E-state index in [-0.39, 0.29) is 17.1 Å². The molecule has 0 unspecified atom stereocenters. The van der Waals surface area contributed by atoms with E-state index in [4.69, 9.17) is 26.9 Å². The Balaban J connectivity index is -0.0000000238. The summed E-state index contributed by atoms with van der Waals surface area (Å²) in [4.78, 5) is 0. The molecule has 0 N–H and O–H groups in total. The van der Waals surface area contributed by atoms with Crippen LogP contribution in [0.5, 0.6) is 0 Å². The third-order valence-electron chi connectivity index (χ3n) is 0.289. The molecule has 0 rings (SSSR count). The van der Waals surface area contributed by atoms with Crippen molar-refractivity contribution < 1.29 is 47.9 Å². The van der Waals surface area contributed by atoms with Gasteiger partial charge >= 0.3 is 33.9 Å². The topological polar surface area (TPSA) is 117 Å². The molecule has 0 saturated heterocycles. The van der Waals surface area contributed by atoms with Gasteiger partial charge in [0, 0.05) is 17.1 Å².